The molecule has 1 heterocycles. The van der Waals surface area contributed by atoms with Crippen LogP contribution < -0.4 is 4.18 Å². The Bertz CT molecular complexity index is 745. The average molecular weight is 407 g/mol. The number of rotatable bonds is 9. The highest BCUT2D eigenvalue weighted by atomic mass is 32.2. The summed E-state index contributed by atoms with van der Waals surface area (Å²) in [6, 6.07) is 0. The minimum Gasteiger partial charge on any atom is -0.459 e. The average Bonchev–Trinajstić information content (AvgIpc) is 2.81. The summed E-state index contributed by atoms with van der Waals surface area (Å²) < 4.78 is 39.8. The van der Waals surface area contributed by atoms with Crippen molar-refractivity contribution < 1.29 is 31.7 Å². The lowest BCUT2D eigenvalue weighted by molar-refractivity contribution is 0.0373. The maximum absolute atomic E-state index is 12.3. The van der Waals surface area contributed by atoms with Crippen LogP contribution in [0.15, 0.2) is 0 Å². The number of thiophene rings is 1. The Labute approximate surface area is 158 Å². The van der Waals surface area contributed by atoms with Crippen molar-refractivity contribution >= 4 is 33.4 Å². The van der Waals surface area contributed by atoms with Gasteiger partial charge in [-0.1, -0.05) is 13.3 Å². The first kappa shape index (κ1) is 22.4. The molecule has 26 heavy (non-hydrogen) atoms. The van der Waals surface area contributed by atoms with Gasteiger partial charge in [0.1, 0.15) is 4.88 Å². The third kappa shape index (κ3) is 6.28. The van der Waals surface area contributed by atoms with Crippen LogP contribution in [0.5, 0.6) is 5.75 Å². The fourth-order valence-corrected chi connectivity index (χ4v) is 4.19. The molecule has 0 N–H and O–H groups in total. The maximum atomic E-state index is 12.3. The van der Waals surface area contributed by atoms with Gasteiger partial charge in [-0.15, -0.1) is 11.3 Å². The standard InChI is InChI=1S/C17H26O7S2/c1-7-8-9-26(20,21)24-13-12(6)14(16(18)22-10(2)3)25-15(13)17(19)23-11(4)5/h10-11H,7-9H2,1-6H3. The summed E-state index contributed by atoms with van der Waals surface area (Å²) >= 11 is 0.812. The van der Waals surface area contributed by atoms with E-state index in [0.717, 1.165) is 11.3 Å². The van der Waals surface area contributed by atoms with E-state index >= 15 is 0 Å². The molecule has 0 atom stereocenters. The summed E-state index contributed by atoms with van der Waals surface area (Å²) in [5, 5.41) is 0. The van der Waals surface area contributed by atoms with Gasteiger partial charge >= 0.3 is 22.1 Å². The van der Waals surface area contributed by atoms with E-state index in [1.54, 1.807) is 27.7 Å². The number of hydrogen-bond donors (Lipinski definition) is 0. The topological polar surface area (TPSA) is 96.0 Å². The predicted molar refractivity (Wildman–Crippen MR) is 99.5 cm³/mol. The summed E-state index contributed by atoms with van der Waals surface area (Å²) in [6.07, 6.45) is 0.354. The highest BCUT2D eigenvalue weighted by Gasteiger charge is 2.30. The lowest BCUT2D eigenvalue weighted by Crippen LogP contribution is -2.17. The van der Waals surface area contributed by atoms with E-state index in [1.807, 2.05) is 6.92 Å². The van der Waals surface area contributed by atoms with Crippen LogP contribution in [-0.2, 0) is 19.6 Å². The van der Waals surface area contributed by atoms with Gasteiger partial charge in [-0.05, 0) is 41.0 Å². The van der Waals surface area contributed by atoms with Crippen molar-refractivity contribution in [2.75, 3.05) is 5.75 Å². The van der Waals surface area contributed by atoms with Crippen molar-refractivity contribution in [2.24, 2.45) is 0 Å². The predicted octanol–water partition coefficient (Wildman–Crippen LogP) is 3.70. The Morgan fingerprint density at radius 1 is 1.00 bits per heavy atom. The summed E-state index contributed by atoms with van der Waals surface area (Å²) in [5.41, 5.74) is 0.247. The zero-order chi connectivity index (χ0) is 20.1. The molecule has 1 aromatic rings. The first-order valence-electron chi connectivity index (χ1n) is 8.46. The van der Waals surface area contributed by atoms with E-state index in [0.29, 0.717) is 12.8 Å². The second-order valence-corrected chi connectivity index (χ2v) is 9.03. The SMILES string of the molecule is CCCCS(=O)(=O)Oc1c(C(=O)OC(C)C)sc(C(=O)OC(C)C)c1C. The van der Waals surface area contributed by atoms with E-state index in [4.69, 9.17) is 13.7 Å². The van der Waals surface area contributed by atoms with Crippen LogP contribution in [0.2, 0.25) is 0 Å². The second-order valence-electron chi connectivity index (χ2n) is 6.32. The van der Waals surface area contributed by atoms with Crippen LogP contribution in [0.1, 0.15) is 72.4 Å². The fraction of sp³-hybridized carbons (Fsp3) is 0.647. The van der Waals surface area contributed by atoms with Crippen molar-refractivity contribution in [2.45, 2.75) is 66.6 Å². The Morgan fingerprint density at radius 3 is 1.96 bits per heavy atom. The van der Waals surface area contributed by atoms with Gasteiger partial charge < -0.3 is 13.7 Å². The minimum atomic E-state index is -3.89. The molecule has 148 valence electrons. The number of esters is 2. The molecule has 0 saturated heterocycles. The van der Waals surface area contributed by atoms with Crippen molar-refractivity contribution in [3.63, 3.8) is 0 Å². The number of carbonyl (C=O) groups excluding carboxylic acids is 2. The van der Waals surface area contributed by atoms with Crippen molar-refractivity contribution in [3.8, 4) is 5.75 Å². The molecule has 0 aliphatic heterocycles. The number of hydrogen-bond acceptors (Lipinski definition) is 8. The van der Waals surface area contributed by atoms with Gasteiger partial charge in [-0.3, -0.25) is 0 Å². The van der Waals surface area contributed by atoms with Crippen LogP contribution in [-0.4, -0.2) is 38.3 Å². The Balaban J connectivity index is 3.33. The van der Waals surface area contributed by atoms with E-state index in [2.05, 4.69) is 0 Å². The van der Waals surface area contributed by atoms with Gasteiger partial charge in [0.15, 0.2) is 10.6 Å². The molecule has 0 saturated carbocycles. The Morgan fingerprint density at radius 2 is 1.50 bits per heavy atom. The van der Waals surface area contributed by atoms with E-state index in [1.165, 1.54) is 6.92 Å². The first-order valence-corrected chi connectivity index (χ1v) is 10.8. The van der Waals surface area contributed by atoms with Crippen LogP contribution in [0.4, 0.5) is 0 Å². The monoisotopic (exact) mass is 406 g/mol. The summed E-state index contributed by atoms with van der Waals surface area (Å²) in [6.45, 7) is 10.1. The van der Waals surface area contributed by atoms with Gasteiger partial charge in [0.25, 0.3) is 0 Å². The lowest BCUT2D eigenvalue weighted by atomic mass is 10.2. The molecule has 0 amide bonds. The summed E-state index contributed by atoms with van der Waals surface area (Å²) in [4.78, 5) is 24.7. The van der Waals surface area contributed by atoms with Crippen molar-refractivity contribution in [1.82, 2.24) is 0 Å². The van der Waals surface area contributed by atoms with Gasteiger partial charge in [0, 0.05) is 5.56 Å². The third-order valence-electron chi connectivity index (χ3n) is 3.11. The molecule has 0 bridgehead atoms. The molecule has 9 heteroatoms. The number of unbranched alkanes of at least 4 members (excludes halogenated alkanes) is 1. The number of ether oxygens (including phenoxy) is 2. The van der Waals surface area contributed by atoms with Crippen LogP contribution in [0.25, 0.3) is 0 Å². The normalized spacial score (nSPS) is 11.7. The Kier molecular flexibility index (Phi) is 8.08. The minimum absolute atomic E-state index is 0.0630. The summed E-state index contributed by atoms with van der Waals surface area (Å²) in [7, 11) is -3.89. The number of carbonyl (C=O) groups is 2. The molecule has 0 aromatic carbocycles. The Hall–Kier alpha value is -1.61. The zero-order valence-corrected chi connectivity index (χ0v) is 17.6. The molecule has 0 radical (unpaired) electrons. The molecule has 1 aromatic heterocycles. The van der Waals surface area contributed by atoms with Crippen molar-refractivity contribution in [1.29, 1.82) is 0 Å². The fourth-order valence-electron chi connectivity index (χ4n) is 1.95. The highest BCUT2D eigenvalue weighted by molar-refractivity contribution is 7.87. The molecule has 0 aliphatic carbocycles. The molecule has 0 aliphatic rings. The second kappa shape index (κ2) is 9.36. The smallest absolute Gasteiger partial charge is 0.352 e. The molecular weight excluding hydrogens is 380 g/mol. The molecule has 0 fully saturated rings. The third-order valence-corrected chi connectivity index (χ3v) is 5.55. The quantitative estimate of drug-likeness (QED) is 0.456. The van der Waals surface area contributed by atoms with Gasteiger partial charge in [0.2, 0.25) is 0 Å². The van der Waals surface area contributed by atoms with E-state index in [-0.39, 0.29) is 32.9 Å². The van der Waals surface area contributed by atoms with E-state index in [9.17, 15) is 18.0 Å². The van der Waals surface area contributed by atoms with Gasteiger partial charge in [-0.25, -0.2) is 9.59 Å². The highest BCUT2D eigenvalue weighted by Crippen LogP contribution is 2.37. The molecule has 1 rings (SSSR count). The maximum Gasteiger partial charge on any atom is 0.352 e. The van der Waals surface area contributed by atoms with Crippen LogP contribution >= 0.6 is 11.3 Å². The lowest BCUT2D eigenvalue weighted by Gasteiger charge is -2.10. The molecule has 0 spiro atoms. The van der Waals surface area contributed by atoms with Crippen LogP contribution in [0.3, 0.4) is 0 Å². The largest absolute Gasteiger partial charge is 0.459 e. The van der Waals surface area contributed by atoms with Gasteiger partial charge in [-0.2, -0.15) is 8.42 Å². The van der Waals surface area contributed by atoms with Crippen LogP contribution in [0, 0.1) is 6.92 Å². The molecule has 7 nitrogen and oxygen atoms in total. The van der Waals surface area contributed by atoms with Crippen molar-refractivity contribution in [3.05, 3.63) is 15.3 Å². The van der Waals surface area contributed by atoms with E-state index < -0.39 is 28.2 Å². The van der Waals surface area contributed by atoms with Gasteiger partial charge in [0.05, 0.1) is 18.0 Å². The summed E-state index contributed by atoms with van der Waals surface area (Å²) in [5.74, 6) is -1.71. The molecular formula is C17H26O7S2. The molecule has 0 unspecified atom stereocenters. The zero-order valence-electron chi connectivity index (χ0n) is 16.0. The first-order chi connectivity index (χ1) is 12.0.